The first-order valence-electron chi connectivity index (χ1n) is 10.9. The van der Waals surface area contributed by atoms with Gasteiger partial charge in [-0.25, -0.2) is 0 Å². The average molecular weight is 458 g/mol. The summed E-state index contributed by atoms with van der Waals surface area (Å²) in [5, 5.41) is 6.50. The van der Waals surface area contributed by atoms with E-state index in [0.717, 1.165) is 37.4 Å². The predicted octanol–water partition coefficient (Wildman–Crippen LogP) is 7.32. The monoisotopic (exact) mass is 457 g/mol. The smallest absolute Gasteiger partial charge is 0.122 e. The lowest BCUT2D eigenvalue weighted by Gasteiger charge is -2.19. The number of hydrogen-bond acceptors (Lipinski definition) is 4. The molecule has 4 aromatic rings. The lowest BCUT2D eigenvalue weighted by molar-refractivity contribution is 0.294. The first-order valence-corrected chi connectivity index (χ1v) is 12.7. The minimum Gasteiger partial charge on any atom is -0.488 e. The first kappa shape index (κ1) is 22.4. The Morgan fingerprint density at radius 3 is 2.66 bits per heavy atom. The van der Waals surface area contributed by atoms with Gasteiger partial charge in [-0.3, -0.25) is 4.90 Å². The summed E-state index contributed by atoms with van der Waals surface area (Å²) in [6.07, 6.45) is 1.11. The fourth-order valence-corrected chi connectivity index (χ4v) is 4.96. The molecule has 0 atom stereocenters. The molecule has 0 aliphatic heterocycles. The number of hydrogen-bond donors (Lipinski definition) is 0. The molecule has 0 N–H and O–H groups in total. The number of nitrogens with zero attached hydrogens (tertiary/aromatic N) is 1. The highest BCUT2D eigenvalue weighted by Gasteiger charge is 2.07. The maximum absolute atomic E-state index is 6.11. The first-order chi connectivity index (χ1) is 15.8. The van der Waals surface area contributed by atoms with Crippen molar-refractivity contribution < 1.29 is 4.74 Å². The average Bonchev–Trinajstić information content (AvgIpc) is 3.51. The van der Waals surface area contributed by atoms with Gasteiger partial charge in [-0.15, -0.1) is 11.3 Å². The van der Waals surface area contributed by atoms with Crippen LogP contribution in [-0.4, -0.2) is 18.0 Å². The third-order valence-electron chi connectivity index (χ3n) is 5.04. The van der Waals surface area contributed by atoms with Gasteiger partial charge in [0.25, 0.3) is 0 Å². The molecule has 0 saturated heterocycles. The van der Waals surface area contributed by atoms with Crippen LogP contribution in [0.2, 0.25) is 0 Å². The Labute approximate surface area is 199 Å². The van der Waals surface area contributed by atoms with Gasteiger partial charge in [0.2, 0.25) is 0 Å². The molecule has 2 aromatic carbocycles. The Bertz CT molecular complexity index is 1150. The van der Waals surface area contributed by atoms with Crippen molar-refractivity contribution in [3.8, 4) is 28.7 Å². The van der Waals surface area contributed by atoms with Crippen molar-refractivity contribution in [1.82, 2.24) is 4.90 Å². The Morgan fingerprint density at radius 2 is 1.84 bits per heavy atom. The van der Waals surface area contributed by atoms with E-state index in [9.17, 15) is 0 Å². The van der Waals surface area contributed by atoms with Gasteiger partial charge in [-0.05, 0) is 82.2 Å². The second kappa shape index (κ2) is 11.7. The molecule has 0 spiro atoms. The minimum atomic E-state index is 0.597. The van der Waals surface area contributed by atoms with E-state index in [1.54, 1.807) is 22.7 Å². The molecular weight excluding hydrogens is 430 g/mol. The van der Waals surface area contributed by atoms with E-state index in [4.69, 9.17) is 4.74 Å². The van der Waals surface area contributed by atoms with Crippen LogP contribution in [0.1, 0.15) is 29.3 Å². The molecule has 0 aliphatic carbocycles. The second-order valence-corrected chi connectivity index (χ2v) is 9.40. The summed E-state index contributed by atoms with van der Waals surface area (Å²) in [6, 6.07) is 23.0. The van der Waals surface area contributed by atoms with Gasteiger partial charge in [0.05, 0.1) is 6.54 Å². The maximum Gasteiger partial charge on any atom is 0.122 e. The summed E-state index contributed by atoms with van der Waals surface area (Å²) in [5.41, 5.74) is 4.87. The summed E-state index contributed by atoms with van der Waals surface area (Å²) in [6.45, 7) is 5.46. The molecule has 0 saturated carbocycles. The van der Waals surface area contributed by atoms with E-state index in [1.807, 2.05) is 24.3 Å². The Balaban J connectivity index is 1.34. The van der Waals surface area contributed by atoms with E-state index < -0.39 is 0 Å². The van der Waals surface area contributed by atoms with Crippen molar-refractivity contribution in [3.63, 3.8) is 0 Å². The zero-order chi connectivity index (χ0) is 22.0. The van der Waals surface area contributed by atoms with E-state index in [0.29, 0.717) is 6.61 Å². The highest BCUT2D eigenvalue weighted by molar-refractivity contribution is 7.10. The van der Waals surface area contributed by atoms with Crippen molar-refractivity contribution >= 4 is 22.7 Å². The molecule has 0 radical (unpaired) electrons. The van der Waals surface area contributed by atoms with Crippen LogP contribution in [0.3, 0.4) is 0 Å². The number of thiophene rings is 2. The van der Waals surface area contributed by atoms with Crippen LogP contribution in [0.25, 0.3) is 11.1 Å². The quantitative estimate of drug-likeness (QED) is 0.244. The van der Waals surface area contributed by atoms with Crippen LogP contribution in [-0.2, 0) is 13.2 Å². The highest BCUT2D eigenvalue weighted by atomic mass is 32.1. The van der Waals surface area contributed by atoms with Crippen LogP contribution in [0.15, 0.2) is 82.9 Å². The van der Waals surface area contributed by atoms with Gasteiger partial charge in [0, 0.05) is 17.0 Å². The summed E-state index contributed by atoms with van der Waals surface area (Å²) in [7, 11) is 0. The molecule has 0 amide bonds. The van der Waals surface area contributed by atoms with Crippen LogP contribution in [0.5, 0.6) is 5.75 Å². The Kier molecular flexibility index (Phi) is 8.17. The topological polar surface area (TPSA) is 12.5 Å². The van der Waals surface area contributed by atoms with Gasteiger partial charge < -0.3 is 4.74 Å². The minimum absolute atomic E-state index is 0.597. The zero-order valence-corrected chi connectivity index (χ0v) is 19.9. The third-order valence-corrected chi connectivity index (χ3v) is 6.64. The predicted molar refractivity (Wildman–Crippen MR) is 137 cm³/mol. The normalized spacial score (nSPS) is 10.7. The van der Waals surface area contributed by atoms with Crippen molar-refractivity contribution in [1.29, 1.82) is 0 Å². The van der Waals surface area contributed by atoms with Crippen molar-refractivity contribution in [2.75, 3.05) is 13.1 Å². The van der Waals surface area contributed by atoms with E-state index >= 15 is 0 Å². The SMILES string of the molecule is CCCN(CC#Cc1ccccc1)Cc1cccc(OCc2cc(-c3ccsc3)cs2)c1. The summed E-state index contributed by atoms with van der Waals surface area (Å²) in [5.74, 6) is 7.51. The molecule has 162 valence electrons. The van der Waals surface area contributed by atoms with E-state index in [1.165, 1.54) is 21.6 Å². The van der Waals surface area contributed by atoms with Crippen molar-refractivity contribution in [3.05, 3.63) is 98.9 Å². The molecule has 2 aromatic heterocycles. The fourth-order valence-electron chi connectivity index (χ4n) is 3.49. The highest BCUT2D eigenvalue weighted by Crippen LogP contribution is 2.28. The molecular formula is C28H27NOS2. The lowest BCUT2D eigenvalue weighted by atomic mass is 10.2. The third kappa shape index (κ3) is 6.58. The zero-order valence-electron chi connectivity index (χ0n) is 18.3. The molecule has 0 bridgehead atoms. The van der Waals surface area contributed by atoms with E-state index in [-0.39, 0.29) is 0 Å². The standard InChI is InChI=1S/C28H27NOS2/c1-2-14-29(15-7-11-23-8-4-3-5-9-23)19-24-10-6-12-27(17-24)30-20-28-18-26(22-32-28)25-13-16-31-21-25/h3-6,8-10,12-13,16-18,21-22H,2,14-15,19-20H2,1H3. The van der Waals surface area contributed by atoms with Crippen LogP contribution < -0.4 is 4.74 Å². The van der Waals surface area contributed by atoms with Crippen LogP contribution in [0, 0.1) is 11.8 Å². The molecule has 2 heterocycles. The largest absolute Gasteiger partial charge is 0.488 e. The molecule has 0 unspecified atom stereocenters. The van der Waals surface area contributed by atoms with Crippen LogP contribution >= 0.6 is 22.7 Å². The Hall–Kier alpha value is -2.84. The molecule has 32 heavy (non-hydrogen) atoms. The van der Waals surface area contributed by atoms with Crippen molar-refractivity contribution in [2.24, 2.45) is 0 Å². The number of ether oxygens (including phenoxy) is 1. The summed E-state index contributed by atoms with van der Waals surface area (Å²) < 4.78 is 6.11. The van der Waals surface area contributed by atoms with E-state index in [2.05, 4.69) is 82.3 Å². The fraction of sp³-hybridized carbons (Fsp3) is 0.214. The number of rotatable bonds is 9. The van der Waals surface area contributed by atoms with Gasteiger partial charge in [0.1, 0.15) is 12.4 Å². The number of benzene rings is 2. The van der Waals surface area contributed by atoms with Gasteiger partial charge >= 0.3 is 0 Å². The van der Waals surface area contributed by atoms with Gasteiger partial charge in [-0.2, -0.15) is 11.3 Å². The summed E-state index contributed by atoms with van der Waals surface area (Å²) >= 11 is 3.48. The molecule has 4 heteroatoms. The van der Waals surface area contributed by atoms with Gasteiger partial charge in [0.15, 0.2) is 0 Å². The molecule has 0 fully saturated rings. The second-order valence-electron chi connectivity index (χ2n) is 7.63. The lowest BCUT2D eigenvalue weighted by Crippen LogP contribution is -2.24. The molecule has 4 rings (SSSR count). The van der Waals surface area contributed by atoms with Crippen molar-refractivity contribution in [2.45, 2.75) is 26.5 Å². The molecule has 0 aliphatic rings. The Morgan fingerprint density at radius 1 is 0.938 bits per heavy atom. The molecule has 2 nitrogen and oxygen atoms in total. The van der Waals surface area contributed by atoms with Crippen LogP contribution in [0.4, 0.5) is 0 Å². The maximum atomic E-state index is 6.11. The van der Waals surface area contributed by atoms with Gasteiger partial charge in [-0.1, -0.05) is 49.1 Å². The summed E-state index contributed by atoms with van der Waals surface area (Å²) in [4.78, 5) is 3.63.